The van der Waals surface area contributed by atoms with E-state index in [0.717, 1.165) is 36.1 Å². The first kappa shape index (κ1) is 12.5. The van der Waals surface area contributed by atoms with E-state index in [-0.39, 0.29) is 12.3 Å². The summed E-state index contributed by atoms with van der Waals surface area (Å²) < 4.78 is 13.4. The smallest absolute Gasteiger partial charge is 0.150 e. The van der Waals surface area contributed by atoms with Crippen molar-refractivity contribution in [2.75, 3.05) is 6.61 Å². The van der Waals surface area contributed by atoms with Crippen LogP contribution in [0, 0.1) is 0 Å². The highest BCUT2D eigenvalue weighted by Crippen LogP contribution is 2.26. The van der Waals surface area contributed by atoms with Gasteiger partial charge in [-0.05, 0) is 45.2 Å². The van der Waals surface area contributed by atoms with E-state index >= 15 is 0 Å². The quantitative estimate of drug-likeness (QED) is 0.847. The highest BCUT2D eigenvalue weighted by molar-refractivity contribution is 5.79. The first-order chi connectivity index (χ1) is 9.22. The van der Waals surface area contributed by atoms with Gasteiger partial charge in [0, 0.05) is 24.3 Å². The fourth-order valence-corrected chi connectivity index (χ4v) is 2.44. The van der Waals surface area contributed by atoms with Crippen LogP contribution in [0.1, 0.15) is 39.3 Å². The van der Waals surface area contributed by atoms with Gasteiger partial charge >= 0.3 is 0 Å². The minimum Gasteiger partial charge on any atom is -0.491 e. The van der Waals surface area contributed by atoms with Gasteiger partial charge in [0.15, 0.2) is 0 Å². The number of hydrogen-bond acceptors (Lipinski definition) is 3. The standard InChI is InChI=1S/C15H20N2O2/c1-11(2)19-13-7-6-12-10-17(16-14(12)9-13)15-5-3-4-8-18-15/h6-7,9-11,15H,3-5,8H2,1-2H3. The molecule has 1 aromatic carbocycles. The molecular formula is C15H20N2O2. The summed E-state index contributed by atoms with van der Waals surface area (Å²) in [5.74, 6) is 0.873. The lowest BCUT2D eigenvalue weighted by Gasteiger charge is -2.22. The molecule has 0 radical (unpaired) electrons. The molecule has 1 aliphatic heterocycles. The van der Waals surface area contributed by atoms with Crippen LogP contribution in [-0.4, -0.2) is 22.5 Å². The van der Waals surface area contributed by atoms with Crippen molar-refractivity contribution >= 4 is 10.9 Å². The molecule has 0 N–H and O–H groups in total. The van der Waals surface area contributed by atoms with E-state index in [0.29, 0.717) is 0 Å². The molecule has 3 rings (SSSR count). The van der Waals surface area contributed by atoms with Gasteiger partial charge in [-0.1, -0.05) is 0 Å². The Morgan fingerprint density at radius 2 is 2.26 bits per heavy atom. The van der Waals surface area contributed by atoms with Gasteiger partial charge in [-0.3, -0.25) is 0 Å². The molecule has 4 heteroatoms. The number of rotatable bonds is 3. The number of ether oxygens (including phenoxy) is 2. The van der Waals surface area contributed by atoms with Crippen molar-refractivity contribution in [3.05, 3.63) is 24.4 Å². The zero-order valence-corrected chi connectivity index (χ0v) is 11.5. The molecule has 0 amide bonds. The molecule has 0 aliphatic carbocycles. The van der Waals surface area contributed by atoms with Crippen LogP contribution in [-0.2, 0) is 4.74 Å². The van der Waals surface area contributed by atoms with Crippen molar-refractivity contribution < 1.29 is 9.47 Å². The Bertz CT molecular complexity index is 556. The monoisotopic (exact) mass is 260 g/mol. The van der Waals surface area contributed by atoms with Crippen LogP contribution in [0.15, 0.2) is 24.4 Å². The molecule has 1 atom stereocenters. The van der Waals surface area contributed by atoms with Crippen molar-refractivity contribution in [2.24, 2.45) is 0 Å². The molecule has 0 saturated carbocycles. The second kappa shape index (κ2) is 5.21. The predicted molar refractivity (Wildman–Crippen MR) is 74.3 cm³/mol. The normalized spacial score (nSPS) is 20.1. The lowest BCUT2D eigenvalue weighted by atomic mass is 10.2. The Labute approximate surface area is 113 Å². The average molecular weight is 260 g/mol. The molecule has 2 heterocycles. The van der Waals surface area contributed by atoms with Crippen molar-refractivity contribution in [3.8, 4) is 5.75 Å². The van der Waals surface area contributed by atoms with E-state index in [1.807, 2.05) is 30.7 Å². The topological polar surface area (TPSA) is 36.3 Å². The molecule has 4 nitrogen and oxygen atoms in total. The van der Waals surface area contributed by atoms with Crippen LogP contribution in [0.3, 0.4) is 0 Å². The molecule has 2 aromatic rings. The zero-order valence-electron chi connectivity index (χ0n) is 11.5. The van der Waals surface area contributed by atoms with Gasteiger partial charge in [-0.25, -0.2) is 4.68 Å². The molecule has 102 valence electrons. The maximum Gasteiger partial charge on any atom is 0.150 e. The van der Waals surface area contributed by atoms with Crippen LogP contribution < -0.4 is 4.74 Å². The molecule has 0 spiro atoms. The van der Waals surface area contributed by atoms with E-state index in [9.17, 15) is 0 Å². The summed E-state index contributed by atoms with van der Waals surface area (Å²) in [6.07, 6.45) is 5.75. The maximum atomic E-state index is 5.76. The minimum atomic E-state index is 0.0932. The number of fused-ring (bicyclic) bond motifs is 1. The molecular weight excluding hydrogens is 240 g/mol. The van der Waals surface area contributed by atoms with Crippen LogP contribution in [0.25, 0.3) is 10.9 Å². The second-order valence-corrected chi connectivity index (χ2v) is 5.32. The molecule has 1 unspecified atom stereocenters. The molecule has 0 bridgehead atoms. The summed E-state index contributed by atoms with van der Waals surface area (Å²) in [6.45, 7) is 4.89. The Kier molecular flexibility index (Phi) is 3.42. The molecule has 1 saturated heterocycles. The predicted octanol–water partition coefficient (Wildman–Crippen LogP) is 3.52. The number of hydrogen-bond donors (Lipinski definition) is 0. The highest BCUT2D eigenvalue weighted by Gasteiger charge is 2.17. The summed E-state index contributed by atoms with van der Waals surface area (Å²) in [4.78, 5) is 0. The van der Waals surface area contributed by atoms with Crippen molar-refractivity contribution in [1.29, 1.82) is 0 Å². The van der Waals surface area contributed by atoms with Gasteiger partial charge in [0.25, 0.3) is 0 Å². The van der Waals surface area contributed by atoms with Crippen LogP contribution in [0.2, 0.25) is 0 Å². The third-order valence-electron chi connectivity index (χ3n) is 3.32. The third-order valence-corrected chi connectivity index (χ3v) is 3.32. The summed E-state index contributed by atoms with van der Waals surface area (Å²) in [5, 5.41) is 5.75. The largest absolute Gasteiger partial charge is 0.491 e. The van der Waals surface area contributed by atoms with Crippen molar-refractivity contribution in [2.45, 2.75) is 45.4 Å². The molecule has 1 fully saturated rings. The van der Waals surface area contributed by atoms with Crippen molar-refractivity contribution in [3.63, 3.8) is 0 Å². The molecule has 19 heavy (non-hydrogen) atoms. The van der Waals surface area contributed by atoms with E-state index in [2.05, 4.69) is 17.4 Å². The average Bonchev–Trinajstić information content (AvgIpc) is 2.82. The van der Waals surface area contributed by atoms with Crippen molar-refractivity contribution in [1.82, 2.24) is 9.78 Å². The van der Waals surface area contributed by atoms with E-state index in [1.165, 1.54) is 6.42 Å². The zero-order chi connectivity index (χ0) is 13.2. The maximum absolute atomic E-state index is 5.76. The fraction of sp³-hybridized carbons (Fsp3) is 0.533. The first-order valence-corrected chi connectivity index (χ1v) is 6.99. The molecule has 1 aromatic heterocycles. The van der Waals surface area contributed by atoms with Gasteiger partial charge in [0.05, 0.1) is 11.6 Å². The van der Waals surface area contributed by atoms with E-state index in [1.54, 1.807) is 0 Å². The van der Waals surface area contributed by atoms with Gasteiger partial charge < -0.3 is 9.47 Å². The lowest BCUT2D eigenvalue weighted by Crippen LogP contribution is -2.18. The minimum absolute atomic E-state index is 0.0932. The Hall–Kier alpha value is -1.55. The second-order valence-electron chi connectivity index (χ2n) is 5.32. The Balaban J connectivity index is 1.87. The summed E-state index contributed by atoms with van der Waals surface area (Å²) in [5.41, 5.74) is 0.965. The molecule has 1 aliphatic rings. The summed E-state index contributed by atoms with van der Waals surface area (Å²) in [6, 6.07) is 6.05. The van der Waals surface area contributed by atoms with Gasteiger partial charge in [-0.2, -0.15) is 5.10 Å². The van der Waals surface area contributed by atoms with E-state index < -0.39 is 0 Å². The Morgan fingerprint density at radius 1 is 1.37 bits per heavy atom. The number of benzene rings is 1. The van der Waals surface area contributed by atoms with Crippen LogP contribution in [0.4, 0.5) is 0 Å². The highest BCUT2D eigenvalue weighted by atomic mass is 16.5. The SMILES string of the molecule is CC(C)Oc1ccc2cn(C3CCCCO3)nc2c1. The van der Waals surface area contributed by atoms with Crippen LogP contribution in [0.5, 0.6) is 5.75 Å². The van der Waals surface area contributed by atoms with Crippen LogP contribution >= 0.6 is 0 Å². The van der Waals surface area contributed by atoms with Gasteiger partial charge in [0.2, 0.25) is 0 Å². The fourth-order valence-electron chi connectivity index (χ4n) is 2.44. The number of nitrogens with zero attached hydrogens (tertiary/aromatic N) is 2. The lowest BCUT2D eigenvalue weighted by molar-refractivity contribution is -0.0390. The summed E-state index contributed by atoms with van der Waals surface area (Å²) >= 11 is 0. The first-order valence-electron chi connectivity index (χ1n) is 6.99. The van der Waals surface area contributed by atoms with Gasteiger partial charge in [0.1, 0.15) is 12.0 Å². The number of aromatic nitrogens is 2. The third kappa shape index (κ3) is 2.73. The van der Waals surface area contributed by atoms with Gasteiger partial charge in [-0.15, -0.1) is 0 Å². The summed E-state index contributed by atoms with van der Waals surface area (Å²) in [7, 11) is 0. The van der Waals surface area contributed by atoms with E-state index in [4.69, 9.17) is 9.47 Å². The Morgan fingerprint density at radius 3 is 3.00 bits per heavy atom.